The van der Waals surface area contributed by atoms with Crippen LogP contribution in [-0.4, -0.2) is 27.0 Å². The molecule has 1 aliphatic rings. The number of nitro groups is 1. The molecule has 1 aliphatic heterocycles. The summed E-state index contributed by atoms with van der Waals surface area (Å²) in [5.41, 5.74) is 0.135. The predicted octanol–water partition coefficient (Wildman–Crippen LogP) is 3.12. The van der Waals surface area contributed by atoms with Crippen LogP contribution in [0.3, 0.4) is 0 Å². The Morgan fingerprint density at radius 3 is 2.61 bits per heavy atom. The summed E-state index contributed by atoms with van der Waals surface area (Å²) in [7, 11) is 0. The van der Waals surface area contributed by atoms with Crippen LogP contribution in [0.25, 0.3) is 0 Å². The van der Waals surface area contributed by atoms with E-state index in [4.69, 9.17) is 17.0 Å². The molecule has 3 rings (SSSR count). The Balaban J connectivity index is 2.34. The number of fused-ring (bicyclic) bond motifs is 1. The van der Waals surface area contributed by atoms with Crippen LogP contribution in [0.15, 0.2) is 40.3 Å². The second-order valence-electron chi connectivity index (χ2n) is 6.56. The van der Waals surface area contributed by atoms with Crippen LogP contribution >= 0.6 is 12.2 Å². The first-order valence-electron chi connectivity index (χ1n) is 8.49. The zero-order valence-corrected chi connectivity index (χ0v) is 16.2. The zero-order chi connectivity index (χ0) is 20.6. The third-order valence-electron chi connectivity index (χ3n) is 4.28. The van der Waals surface area contributed by atoms with Crippen LogP contribution in [0.4, 0.5) is 11.5 Å². The van der Waals surface area contributed by atoms with Crippen LogP contribution in [0.1, 0.15) is 37.8 Å². The predicted molar refractivity (Wildman–Crippen MR) is 105 cm³/mol. The molecule has 9 nitrogen and oxygen atoms in total. The van der Waals surface area contributed by atoms with Crippen molar-refractivity contribution >= 4 is 29.7 Å². The number of nitro benzene ring substituents is 1. The number of ether oxygens (including phenoxy) is 1. The van der Waals surface area contributed by atoms with Gasteiger partial charge in [-0.25, -0.2) is 4.79 Å². The Labute approximate surface area is 164 Å². The highest BCUT2D eigenvalue weighted by Crippen LogP contribution is 2.42. The maximum atomic E-state index is 12.8. The molecule has 0 fully saturated rings. The number of hydrogen-bond donors (Lipinski definition) is 3. The summed E-state index contributed by atoms with van der Waals surface area (Å²) in [6.07, 6.45) is -0.402. The van der Waals surface area contributed by atoms with E-state index in [1.165, 1.54) is 18.2 Å². The molecule has 10 heteroatoms. The molecular formula is C18H18N4O5S. The van der Waals surface area contributed by atoms with Crippen molar-refractivity contribution in [2.24, 2.45) is 0 Å². The maximum absolute atomic E-state index is 12.8. The van der Waals surface area contributed by atoms with Gasteiger partial charge in [0.25, 0.3) is 11.2 Å². The van der Waals surface area contributed by atoms with Crippen LogP contribution < -0.4 is 10.9 Å². The van der Waals surface area contributed by atoms with Gasteiger partial charge in [-0.2, -0.15) is 0 Å². The van der Waals surface area contributed by atoms with Crippen molar-refractivity contribution in [2.45, 2.75) is 32.8 Å². The standard InChI is InChI=1S/C18H18N4O5S/c1-8(2)27-17(24)12-9(3)19-15-14(16(23)21-18(28)20-15)13(12)10-6-4-5-7-11(10)22(25)26/h4-8,13H,1-3H3,(H3,19,20,21,23,28). The highest BCUT2D eigenvalue weighted by atomic mass is 32.1. The number of aromatic amines is 2. The van der Waals surface area contributed by atoms with E-state index in [0.29, 0.717) is 5.70 Å². The van der Waals surface area contributed by atoms with Crippen molar-refractivity contribution in [1.29, 1.82) is 0 Å². The fraction of sp³-hybridized carbons (Fsp3) is 0.278. The Morgan fingerprint density at radius 1 is 1.29 bits per heavy atom. The van der Waals surface area contributed by atoms with Gasteiger partial charge < -0.3 is 15.0 Å². The number of hydrogen-bond acceptors (Lipinski definition) is 7. The van der Waals surface area contributed by atoms with Crippen molar-refractivity contribution in [3.05, 3.63) is 71.9 Å². The maximum Gasteiger partial charge on any atom is 0.337 e. The fourth-order valence-electron chi connectivity index (χ4n) is 3.24. The van der Waals surface area contributed by atoms with Crippen molar-refractivity contribution in [3.8, 4) is 0 Å². The van der Waals surface area contributed by atoms with Crippen molar-refractivity contribution in [3.63, 3.8) is 0 Å². The molecule has 1 aromatic heterocycles. The van der Waals surface area contributed by atoms with Gasteiger partial charge in [-0.1, -0.05) is 18.2 Å². The number of benzene rings is 1. The summed E-state index contributed by atoms with van der Waals surface area (Å²) in [5.74, 6) is -1.37. The lowest BCUT2D eigenvalue weighted by Crippen LogP contribution is -2.32. The normalized spacial score (nSPS) is 15.8. The summed E-state index contributed by atoms with van der Waals surface area (Å²) < 4.78 is 5.44. The van der Waals surface area contributed by atoms with E-state index in [2.05, 4.69) is 15.3 Å². The first kappa shape index (κ1) is 19.5. The van der Waals surface area contributed by atoms with E-state index < -0.39 is 28.5 Å². The third kappa shape index (κ3) is 3.46. The summed E-state index contributed by atoms with van der Waals surface area (Å²) in [4.78, 5) is 41.9. The van der Waals surface area contributed by atoms with E-state index in [0.717, 1.165) is 0 Å². The molecule has 1 unspecified atom stereocenters. The second kappa shape index (κ2) is 7.39. The van der Waals surface area contributed by atoms with Gasteiger partial charge in [0.15, 0.2) is 4.77 Å². The Hall–Kier alpha value is -3.27. The minimum absolute atomic E-state index is 0.0959. The highest BCUT2D eigenvalue weighted by molar-refractivity contribution is 7.71. The van der Waals surface area contributed by atoms with E-state index in [1.54, 1.807) is 26.8 Å². The summed E-state index contributed by atoms with van der Waals surface area (Å²) in [6, 6.07) is 5.99. The minimum atomic E-state index is -1.00. The van der Waals surface area contributed by atoms with Gasteiger partial charge in [0.2, 0.25) is 0 Å². The van der Waals surface area contributed by atoms with Gasteiger partial charge in [0.1, 0.15) is 5.82 Å². The number of esters is 1. The third-order valence-corrected chi connectivity index (χ3v) is 4.48. The molecule has 2 heterocycles. The number of aromatic nitrogens is 2. The van der Waals surface area contributed by atoms with Gasteiger partial charge in [-0.15, -0.1) is 0 Å². The van der Waals surface area contributed by atoms with E-state index in [1.807, 2.05) is 0 Å². The molecule has 0 aliphatic carbocycles. The number of nitrogens with zero attached hydrogens (tertiary/aromatic N) is 1. The van der Waals surface area contributed by atoms with Gasteiger partial charge in [0.05, 0.1) is 28.1 Å². The summed E-state index contributed by atoms with van der Waals surface area (Å²) in [6.45, 7) is 5.03. The van der Waals surface area contributed by atoms with E-state index in [-0.39, 0.29) is 33.0 Å². The Kier molecular flexibility index (Phi) is 5.14. The van der Waals surface area contributed by atoms with Crippen LogP contribution in [0.5, 0.6) is 0 Å². The average Bonchev–Trinajstić information content (AvgIpc) is 2.59. The van der Waals surface area contributed by atoms with Gasteiger partial charge in [0, 0.05) is 17.3 Å². The van der Waals surface area contributed by atoms with Gasteiger partial charge >= 0.3 is 5.97 Å². The van der Waals surface area contributed by atoms with Crippen LogP contribution in [0.2, 0.25) is 0 Å². The number of allylic oxidation sites excluding steroid dienone is 1. The number of carbonyl (C=O) groups excluding carboxylic acids is 1. The molecule has 0 bridgehead atoms. The zero-order valence-electron chi connectivity index (χ0n) is 15.4. The second-order valence-corrected chi connectivity index (χ2v) is 6.97. The number of H-pyrrole nitrogens is 2. The molecular weight excluding hydrogens is 384 g/mol. The largest absolute Gasteiger partial charge is 0.460 e. The Morgan fingerprint density at radius 2 is 1.96 bits per heavy atom. The van der Waals surface area contributed by atoms with Gasteiger partial charge in [-0.3, -0.25) is 19.9 Å². The lowest BCUT2D eigenvalue weighted by atomic mass is 9.81. The number of rotatable bonds is 4. The first-order valence-corrected chi connectivity index (χ1v) is 8.90. The molecule has 146 valence electrons. The minimum Gasteiger partial charge on any atom is -0.460 e. The number of anilines is 1. The molecule has 0 saturated carbocycles. The molecule has 0 radical (unpaired) electrons. The quantitative estimate of drug-likeness (QED) is 0.310. The smallest absolute Gasteiger partial charge is 0.337 e. The molecule has 1 aromatic carbocycles. The lowest BCUT2D eigenvalue weighted by molar-refractivity contribution is -0.385. The fourth-order valence-corrected chi connectivity index (χ4v) is 3.44. The summed E-state index contributed by atoms with van der Waals surface area (Å²) >= 11 is 5.02. The van der Waals surface area contributed by atoms with Gasteiger partial charge in [-0.05, 0) is 33.0 Å². The molecule has 2 aromatic rings. The topological polar surface area (TPSA) is 130 Å². The summed E-state index contributed by atoms with van der Waals surface area (Å²) in [5, 5.41) is 14.6. The monoisotopic (exact) mass is 402 g/mol. The van der Waals surface area contributed by atoms with Crippen molar-refractivity contribution in [2.75, 3.05) is 5.32 Å². The molecule has 0 amide bonds. The van der Waals surface area contributed by atoms with Crippen molar-refractivity contribution in [1.82, 2.24) is 9.97 Å². The molecule has 0 saturated heterocycles. The van der Waals surface area contributed by atoms with Crippen LogP contribution in [0, 0.1) is 14.9 Å². The highest BCUT2D eigenvalue weighted by Gasteiger charge is 2.39. The number of carbonyl (C=O) groups is 1. The number of para-hydroxylation sites is 1. The molecule has 1 atom stereocenters. The average molecular weight is 402 g/mol. The lowest BCUT2D eigenvalue weighted by Gasteiger charge is -2.29. The first-order chi connectivity index (χ1) is 13.2. The molecule has 0 spiro atoms. The van der Waals surface area contributed by atoms with E-state index >= 15 is 0 Å². The van der Waals surface area contributed by atoms with E-state index in [9.17, 15) is 19.7 Å². The number of nitrogens with one attached hydrogen (secondary N) is 3. The van der Waals surface area contributed by atoms with Crippen LogP contribution in [-0.2, 0) is 9.53 Å². The van der Waals surface area contributed by atoms with Crippen molar-refractivity contribution < 1.29 is 14.5 Å². The Bertz CT molecular complexity index is 1120. The molecule has 3 N–H and O–H groups in total. The SMILES string of the molecule is CC1=C(C(=O)OC(C)C)C(c2ccccc2[N+](=O)[O-])c2c([nH]c(=S)[nH]c2=O)N1. The molecule has 28 heavy (non-hydrogen) atoms.